The number of carbonyl (C=O) groups is 2. The van der Waals surface area contributed by atoms with Crippen LogP contribution in [0.15, 0.2) is 17.5 Å². The zero-order chi connectivity index (χ0) is 10.7. The molecule has 0 spiro atoms. The van der Waals surface area contributed by atoms with Gasteiger partial charge in [-0.3, -0.25) is 9.59 Å². The Morgan fingerprint density at radius 3 is 3.07 bits per heavy atom. The standard InChI is InChI=1S/C11H13NO2S/c13-9-3-1-5-12(8-9)11(14)7-10-4-2-6-15-10/h2,4,6H,1,3,5,7-8H2. The summed E-state index contributed by atoms with van der Waals surface area (Å²) in [6, 6.07) is 3.89. The van der Waals surface area contributed by atoms with E-state index in [4.69, 9.17) is 0 Å². The van der Waals surface area contributed by atoms with E-state index in [2.05, 4.69) is 0 Å². The second-order valence-corrected chi connectivity index (χ2v) is 4.75. The molecule has 0 saturated carbocycles. The van der Waals surface area contributed by atoms with Crippen molar-refractivity contribution in [3.8, 4) is 0 Å². The molecule has 0 N–H and O–H groups in total. The second-order valence-electron chi connectivity index (χ2n) is 3.71. The lowest BCUT2D eigenvalue weighted by atomic mass is 10.1. The normalized spacial score (nSPS) is 16.8. The number of hydrogen-bond acceptors (Lipinski definition) is 3. The van der Waals surface area contributed by atoms with Crippen molar-refractivity contribution in [3.05, 3.63) is 22.4 Å². The summed E-state index contributed by atoms with van der Waals surface area (Å²) in [4.78, 5) is 25.7. The molecule has 1 aliphatic rings. The van der Waals surface area contributed by atoms with Crippen molar-refractivity contribution in [2.45, 2.75) is 19.3 Å². The van der Waals surface area contributed by atoms with Gasteiger partial charge in [0, 0.05) is 17.8 Å². The number of thiophene rings is 1. The Kier molecular flexibility index (Phi) is 3.16. The molecule has 0 bridgehead atoms. The summed E-state index contributed by atoms with van der Waals surface area (Å²) in [6.45, 7) is 1.04. The van der Waals surface area contributed by atoms with Crippen molar-refractivity contribution >= 4 is 23.0 Å². The molecule has 1 fully saturated rings. The maximum absolute atomic E-state index is 11.8. The zero-order valence-electron chi connectivity index (χ0n) is 8.44. The minimum Gasteiger partial charge on any atom is -0.335 e. The van der Waals surface area contributed by atoms with Gasteiger partial charge in [0.1, 0.15) is 0 Å². The molecule has 2 rings (SSSR count). The Hall–Kier alpha value is -1.16. The highest BCUT2D eigenvalue weighted by atomic mass is 32.1. The summed E-state index contributed by atoms with van der Waals surface area (Å²) >= 11 is 1.58. The van der Waals surface area contributed by atoms with Crippen molar-refractivity contribution in [3.63, 3.8) is 0 Å². The smallest absolute Gasteiger partial charge is 0.228 e. The monoisotopic (exact) mass is 223 g/mol. The van der Waals surface area contributed by atoms with Crippen molar-refractivity contribution in [1.82, 2.24) is 4.90 Å². The molecule has 1 aromatic rings. The number of rotatable bonds is 2. The van der Waals surface area contributed by atoms with Crippen LogP contribution in [-0.2, 0) is 16.0 Å². The Morgan fingerprint density at radius 1 is 1.53 bits per heavy atom. The van der Waals surface area contributed by atoms with Gasteiger partial charge in [-0.1, -0.05) is 6.07 Å². The minimum absolute atomic E-state index is 0.0745. The van der Waals surface area contributed by atoms with Gasteiger partial charge in [-0.15, -0.1) is 11.3 Å². The fourth-order valence-corrected chi connectivity index (χ4v) is 2.42. The number of carbonyl (C=O) groups excluding carboxylic acids is 2. The van der Waals surface area contributed by atoms with Gasteiger partial charge in [-0.05, 0) is 17.9 Å². The predicted molar refractivity (Wildman–Crippen MR) is 58.8 cm³/mol. The van der Waals surface area contributed by atoms with Gasteiger partial charge >= 0.3 is 0 Å². The highest BCUT2D eigenvalue weighted by Crippen LogP contribution is 2.13. The maximum atomic E-state index is 11.8. The molecule has 1 aromatic heterocycles. The van der Waals surface area contributed by atoms with E-state index in [1.165, 1.54) is 0 Å². The van der Waals surface area contributed by atoms with E-state index >= 15 is 0 Å². The Morgan fingerprint density at radius 2 is 2.40 bits per heavy atom. The molecule has 1 amide bonds. The number of amides is 1. The molecule has 0 radical (unpaired) electrons. The second kappa shape index (κ2) is 4.57. The molecule has 0 aliphatic carbocycles. The number of ketones is 1. The molecule has 1 saturated heterocycles. The van der Waals surface area contributed by atoms with Crippen LogP contribution in [0.5, 0.6) is 0 Å². The summed E-state index contributed by atoms with van der Waals surface area (Å²) in [5, 5.41) is 1.96. The molecule has 80 valence electrons. The lowest BCUT2D eigenvalue weighted by Crippen LogP contribution is -2.40. The van der Waals surface area contributed by atoms with Crippen LogP contribution in [0, 0.1) is 0 Å². The van der Waals surface area contributed by atoms with Gasteiger partial charge in [0.25, 0.3) is 0 Å². The van der Waals surface area contributed by atoms with E-state index < -0.39 is 0 Å². The number of nitrogens with zero attached hydrogens (tertiary/aromatic N) is 1. The molecule has 2 heterocycles. The minimum atomic E-state index is 0.0745. The Bertz CT molecular complexity index is 359. The van der Waals surface area contributed by atoms with E-state index in [1.54, 1.807) is 16.2 Å². The van der Waals surface area contributed by atoms with Crippen LogP contribution in [0.1, 0.15) is 17.7 Å². The molecule has 1 aliphatic heterocycles. The van der Waals surface area contributed by atoms with Gasteiger partial charge < -0.3 is 4.90 Å². The van der Waals surface area contributed by atoms with Crippen molar-refractivity contribution in [2.75, 3.05) is 13.1 Å². The topological polar surface area (TPSA) is 37.4 Å². The Labute approximate surface area is 92.7 Å². The first-order valence-electron chi connectivity index (χ1n) is 5.07. The van der Waals surface area contributed by atoms with Gasteiger partial charge in [0.15, 0.2) is 5.78 Å². The quantitative estimate of drug-likeness (QED) is 0.761. The van der Waals surface area contributed by atoms with Crippen molar-refractivity contribution in [2.24, 2.45) is 0 Å². The van der Waals surface area contributed by atoms with E-state index in [0.29, 0.717) is 19.4 Å². The first-order valence-corrected chi connectivity index (χ1v) is 5.95. The SMILES string of the molecule is O=C1CCCN(C(=O)Cc2cccs2)C1. The van der Waals surface area contributed by atoms with Gasteiger partial charge in [0.2, 0.25) is 5.91 Å². The molecular formula is C11H13NO2S. The number of likely N-dealkylation sites (tertiary alicyclic amines) is 1. The molecule has 0 aromatic carbocycles. The average Bonchev–Trinajstić information content (AvgIpc) is 2.70. The largest absolute Gasteiger partial charge is 0.335 e. The lowest BCUT2D eigenvalue weighted by Gasteiger charge is -2.25. The molecular weight excluding hydrogens is 210 g/mol. The lowest BCUT2D eigenvalue weighted by molar-refractivity contribution is -0.136. The van der Waals surface area contributed by atoms with Crippen LogP contribution in [0.3, 0.4) is 0 Å². The van der Waals surface area contributed by atoms with Crippen molar-refractivity contribution < 1.29 is 9.59 Å². The molecule has 4 heteroatoms. The summed E-state index contributed by atoms with van der Waals surface area (Å²) in [5.41, 5.74) is 0. The van der Waals surface area contributed by atoms with Crippen LogP contribution >= 0.6 is 11.3 Å². The number of Topliss-reactive ketones (excluding diaryl/α,β-unsaturated/α-hetero) is 1. The van der Waals surface area contributed by atoms with E-state index in [-0.39, 0.29) is 11.7 Å². The van der Waals surface area contributed by atoms with Gasteiger partial charge in [-0.25, -0.2) is 0 Å². The summed E-state index contributed by atoms with van der Waals surface area (Å²) in [7, 11) is 0. The van der Waals surface area contributed by atoms with Crippen LogP contribution in [0.2, 0.25) is 0 Å². The van der Waals surface area contributed by atoms with Crippen LogP contribution < -0.4 is 0 Å². The molecule has 0 atom stereocenters. The number of hydrogen-bond donors (Lipinski definition) is 0. The Balaban J connectivity index is 1.93. The summed E-state index contributed by atoms with van der Waals surface area (Å²) < 4.78 is 0. The number of piperidine rings is 1. The predicted octanol–water partition coefficient (Wildman–Crippen LogP) is 1.48. The first kappa shape index (κ1) is 10.4. The fourth-order valence-electron chi connectivity index (χ4n) is 1.72. The highest BCUT2D eigenvalue weighted by Gasteiger charge is 2.21. The summed E-state index contributed by atoms with van der Waals surface area (Å²) in [6.07, 6.45) is 1.88. The third-order valence-corrected chi connectivity index (χ3v) is 3.39. The maximum Gasteiger partial charge on any atom is 0.228 e. The zero-order valence-corrected chi connectivity index (χ0v) is 9.26. The fraction of sp³-hybridized carbons (Fsp3) is 0.455. The third-order valence-electron chi connectivity index (χ3n) is 2.51. The summed E-state index contributed by atoms with van der Waals surface area (Å²) in [5.74, 6) is 0.256. The van der Waals surface area contributed by atoms with Crippen LogP contribution in [-0.4, -0.2) is 29.7 Å². The van der Waals surface area contributed by atoms with Gasteiger partial charge in [0.05, 0.1) is 13.0 Å². The van der Waals surface area contributed by atoms with E-state index in [0.717, 1.165) is 17.8 Å². The van der Waals surface area contributed by atoms with Crippen LogP contribution in [0.4, 0.5) is 0 Å². The molecule has 0 unspecified atom stereocenters. The highest BCUT2D eigenvalue weighted by molar-refractivity contribution is 7.10. The average molecular weight is 223 g/mol. The van der Waals surface area contributed by atoms with E-state index in [1.807, 2.05) is 17.5 Å². The van der Waals surface area contributed by atoms with Crippen LogP contribution in [0.25, 0.3) is 0 Å². The molecule has 15 heavy (non-hydrogen) atoms. The molecule has 3 nitrogen and oxygen atoms in total. The third kappa shape index (κ3) is 2.65. The van der Waals surface area contributed by atoms with Crippen molar-refractivity contribution in [1.29, 1.82) is 0 Å². The van der Waals surface area contributed by atoms with Gasteiger partial charge in [-0.2, -0.15) is 0 Å². The van der Waals surface area contributed by atoms with E-state index in [9.17, 15) is 9.59 Å². The first-order chi connectivity index (χ1) is 7.25.